The van der Waals surface area contributed by atoms with Crippen molar-refractivity contribution in [3.05, 3.63) is 33.9 Å². The van der Waals surface area contributed by atoms with E-state index in [1.807, 2.05) is 47.6 Å². The van der Waals surface area contributed by atoms with Crippen LogP contribution in [0.3, 0.4) is 0 Å². The third kappa shape index (κ3) is 2.32. The highest BCUT2D eigenvalue weighted by Crippen LogP contribution is 2.37. The number of aromatic nitrogens is 2. The maximum Gasteiger partial charge on any atom is 0.495 e. The van der Waals surface area contributed by atoms with Gasteiger partial charge in [-0.1, -0.05) is 0 Å². The normalized spacial score (nSPS) is 19.5. The Bertz CT molecular complexity index is 839. The maximum atomic E-state index is 12.5. The Hall–Kier alpha value is -1.66. The van der Waals surface area contributed by atoms with Crippen molar-refractivity contribution in [2.24, 2.45) is 7.05 Å². The Balaban J connectivity index is 2.22. The van der Waals surface area contributed by atoms with Crippen molar-refractivity contribution in [3.63, 3.8) is 0 Å². The van der Waals surface area contributed by atoms with Gasteiger partial charge in [-0.05, 0) is 64.2 Å². The molecule has 122 valence electrons. The molecule has 2 aromatic rings. The first kappa shape index (κ1) is 16.2. The molecule has 0 unspecified atom stereocenters. The quantitative estimate of drug-likeness (QED) is 0.754. The molecule has 6 heteroatoms. The molecule has 1 saturated heterocycles. The fourth-order valence-electron chi connectivity index (χ4n) is 2.86. The molecule has 0 atom stereocenters. The maximum absolute atomic E-state index is 12.5. The second kappa shape index (κ2) is 4.92. The average Bonchev–Trinajstić information content (AvgIpc) is 2.66. The van der Waals surface area contributed by atoms with E-state index in [0.717, 1.165) is 22.1 Å². The van der Waals surface area contributed by atoms with Gasteiger partial charge in [-0.15, -0.1) is 0 Å². The van der Waals surface area contributed by atoms with E-state index >= 15 is 0 Å². The van der Waals surface area contributed by atoms with Crippen LogP contribution in [-0.4, -0.2) is 27.9 Å². The molecule has 0 N–H and O–H groups in total. The predicted molar refractivity (Wildman–Crippen MR) is 92.2 cm³/mol. The Morgan fingerprint density at radius 3 is 2.22 bits per heavy atom. The van der Waals surface area contributed by atoms with Crippen molar-refractivity contribution < 1.29 is 9.31 Å². The predicted octanol–water partition coefficient (Wildman–Crippen LogP) is 1.85. The summed E-state index contributed by atoms with van der Waals surface area (Å²) in [5.74, 6) is 0. The summed E-state index contributed by atoms with van der Waals surface area (Å²) in [6.45, 7) is 12.1. The first-order valence-electron chi connectivity index (χ1n) is 7.86. The summed E-state index contributed by atoms with van der Waals surface area (Å²) in [7, 11) is 1.23. The van der Waals surface area contributed by atoms with Gasteiger partial charge in [0.25, 0.3) is 5.56 Å². The summed E-state index contributed by atoms with van der Waals surface area (Å²) in [5.41, 5.74) is 2.81. The van der Waals surface area contributed by atoms with Gasteiger partial charge in [0.05, 0.1) is 28.4 Å². The third-order valence-corrected chi connectivity index (χ3v) is 5.32. The smallest absolute Gasteiger partial charge is 0.399 e. The minimum absolute atomic E-state index is 0.0594. The van der Waals surface area contributed by atoms with Crippen LogP contribution in [0.1, 0.15) is 38.8 Å². The highest BCUT2D eigenvalue weighted by atomic mass is 16.7. The average molecular weight is 314 g/mol. The van der Waals surface area contributed by atoms with Gasteiger partial charge in [0, 0.05) is 7.05 Å². The zero-order chi connectivity index (χ0) is 17.2. The summed E-state index contributed by atoms with van der Waals surface area (Å²) >= 11 is 0. The molecular weight excluding hydrogens is 291 g/mol. The summed E-state index contributed by atoms with van der Waals surface area (Å²) in [6.07, 6.45) is 1.56. The Morgan fingerprint density at radius 2 is 1.65 bits per heavy atom. The number of aryl methyl sites for hydroxylation is 2. The van der Waals surface area contributed by atoms with E-state index in [0.29, 0.717) is 5.39 Å². The zero-order valence-corrected chi connectivity index (χ0v) is 14.9. The fourth-order valence-corrected chi connectivity index (χ4v) is 2.86. The van der Waals surface area contributed by atoms with Gasteiger partial charge in [-0.3, -0.25) is 4.79 Å². The first-order chi connectivity index (χ1) is 10.5. The molecule has 0 spiro atoms. The Morgan fingerprint density at radius 1 is 1.09 bits per heavy atom. The number of nitrogens with zero attached hydrogens (tertiary/aromatic N) is 2. The van der Waals surface area contributed by atoms with E-state index < -0.39 is 18.3 Å². The minimum Gasteiger partial charge on any atom is -0.399 e. The van der Waals surface area contributed by atoms with Crippen LogP contribution in [0.15, 0.2) is 17.2 Å². The van der Waals surface area contributed by atoms with Gasteiger partial charge in [-0.2, -0.15) is 0 Å². The molecule has 1 aliphatic rings. The van der Waals surface area contributed by atoms with Crippen LogP contribution in [0.25, 0.3) is 10.9 Å². The number of hydrogen-bond donors (Lipinski definition) is 0. The number of benzene rings is 1. The summed E-state index contributed by atoms with van der Waals surface area (Å²) in [6, 6.07) is 1.87. The van der Waals surface area contributed by atoms with E-state index in [2.05, 4.69) is 4.98 Å². The molecule has 0 aliphatic carbocycles. The van der Waals surface area contributed by atoms with Crippen molar-refractivity contribution in [1.29, 1.82) is 0 Å². The van der Waals surface area contributed by atoms with Gasteiger partial charge < -0.3 is 13.9 Å². The van der Waals surface area contributed by atoms with E-state index in [1.165, 1.54) is 4.57 Å². The summed E-state index contributed by atoms with van der Waals surface area (Å²) < 4.78 is 13.8. The summed E-state index contributed by atoms with van der Waals surface area (Å²) in [4.78, 5) is 16.9. The molecule has 23 heavy (non-hydrogen) atoms. The zero-order valence-electron chi connectivity index (χ0n) is 14.9. The van der Waals surface area contributed by atoms with E-state index in [1.54, 1.807) is 13.4 Å². The highest BCUT2D eigenvalue weighted by molar-refractivity contribution is 6.63. The lowest BCUT2D eigenvalue weighted by molar-refractivity contribution is 0.00578. The van der Waals surface area contributed by atoms with Crippen LogP contribution in [0, 0.1) is 13.8 Å². The molecule has 5 nitrogen and oxygen atoms in total. The lowest BCUT2D eigenvalue weighted by Crippen LogP contribution is -2.41. The SMILES string of the molecule is Cc1c(B2OC(C)(C)C(C)(C)O2)cc2c(=O)n(C)cnc2c1C. The van der Waals surface area contributed by atoms with Crippen LogP contribution in [-0.2, 0) is 16.4 Å². The molecule has 0 amide bonds. The van der Waals surface area contributed by atoms with Gasteiger partial charge in [0.2, 0.25) is 0 Å². The third-order valence-electron chi connectivity index (χ3n) is 5.32. The molecule has 3 rings (SSSR count). The number of hydrogen-bond acceptors (Lipinski definition) is 4. The van der Waals surface area contributed by atoms with Crippen molar-refractivity contribution in [2.75, 3.05) is 0 Å². The van der Waals surface area contributed by atoms with Crippen LogP contribution in [0.2, 0.25) is 0 Å². The highest BCUT2D eigenvalue weighted by Gasteiger charge is 2.52. The summed E-state index contributed by atoms with van der Waals surface area (Å²) in [5, 5.41) is 0.600. The number of rotatable bonds is 1. The standard InChI is InChI=1S/C17H23BN2O3/c1-10-11(2)14-12(15(21)20(7)9-19-14)8-13(10)18-22-16(3,4)17(5,6)23-18/h8-9H,1-7H3. The first-order valence-corrected chi connectivity index (χ1v) is 7.86. The molecule has 1 aliphatic heterocycles. The largest absolute Gasteiger partial charge is 0.495 e. The van der Waals surface area contributed by atoms with Crippen molar-refractivity contribution >= 4 is 23.5 Å². The molecular formula is C17H23BN2O3. The van der Waals surface area contributed by atoms with E-state index in [9.17, 15) is 4.79 Å². The fraction of sp³-hybridized carbons (Fsp3) is 0.529. The monoisotopic (exact) mass is 314 g/mol. The van der Waals surface area contributed by atoms with Crippen LogP contribution >= 0.6 is 0 Å². The Kier molecular flexibility index (Phi) is 3.47. The van der Waals surface area contributed by atoms with Gasteiger partial charge in [0.15, 0.2) is 0 Å². The second-order valence-electron chi connectivity index (χ2n) is 7.36. The molecule has 2 heterocycles. The van der Waals surface area contributed by atoms with E-state index in [4.69, 9.17) is 9.31 Å². The minimum atomic E-state index is -0.479. The Labute approximate surface area is 136 Å². The molecule has 0 saturated carbocycles. The van der Waals surface area contributed by atoms with Crippen molar-refractivity contribution in [1.82, 2.24) is 9.55 Å². The topological polar surface area (TPSA) is 53.4 Å². The molecule has 1 aromatic carbocycles. The van der Waals surface area contributed by atoms with Crippen molar-refractivity contribution in [2.45, 2.75) is 52.7 Å². The molecule has 1 fully saturated rings. The second-order valence-corrected chi connectivity index (χ2v) is 7.36. The van der Waals surface area contributed by atoms with Crippen LogP contribution in [0.5, 0.6) is 0 Å². The molecule has 0 radical (unpaired) electrons. The number of fused-ring (bicyclic) bond motifs is 1. The lowest BCUT2D eigenvalue weighted by atomic mass is 9.74. The van der Waals surface area contributed by atoms with Crippen LogP contribution < -0.4 is 11.0 Å². The molecule has 1 aromatic heterocycles. The van der Waals surface area contributed by atoms with Gasteiger partial charge in [-0.25, -0.2) is 4.98 Å². The van der Waals surface area contributed by atoms with Crippen LogP contribution in [0.4, 0.5) is 0 Å². The lowest BCUT2D eigenvalue weighted by Gasteiger charge is -2.32. The van der Waals surface area contributed by atoms with Crippen molar-refractivity contribution in [3.8, 4) is 0 Å². The van der Waals surface area contributed by atoms with E-state index in [-0.39, 0.29) is 5.56 Å². The van der Waals surface area contributed by atoms with Gasteiger partial charge >= 0.3 is 7.12 Å². The van der Waals surface area contributed by atoms with Gasteiger partial charge in [0.1, 0.15) is 0 Å². The molecule has 0 bridgehead atoms.